The van der Waals surface area contributed by atoms with E-state index in [-0.39, 0.29) is 18.5 Å². The van der Waals surface area contributed by atoms with Gasteiger partial charge in [0.05, 0.1) is 6.54 Å². The second-order valence-corrected chi connectivity index (χ2v) is 6.91. The van der Waals surface area contributed by atoms with E-state index in [0.29, 0.717) is 13.1 Å². The Morgan fingerprint density at radius 2 is 1.88 bits per heavy atom. The predicted molar refractivity (Wildman–Crippen MR) is 90.7 cm³/mol. The maximum absolute atomic E-state index is 11.9. The quantitative estimate of drug-likeness (QED) is 0.697. The summed E-state index contributed by atoms with van der Waals surface area (Å²) in [4.78, 5) is 37.1. The maximum atomic E-state index is 11.9. The van der Waals surface area contributed by atoms with Gasteiger partial charge < -0.3 is 15.4 Å². The number of piperidine rings is 1. The van der Waals surface area contributed by atoms with Crippen molar-refractivity contribution >= 4 is 18.0 Å². The Labute approximate surface area is 143 Å². The number of imide groups is 1. The third kappa shape index (κ3) is 8.14. The van der Waals surface area contributed by atoms with Crippen LogP contribution in [0.1, 0.15) is 47.0 Å². The van der Waals surface area contributed by atoms with Crippen LogP contribution in [0.5, 0.6) is 0 Å². The molecule has 1 aliphatic rings. The van der Waals surface area contributed by atoms with Gasteiger partial charge in [-0.2, -0.15) is 0 Å². The number of likely N-dealkylation sites (tertiary alicyclic amines) is 1. The van der Waals surface area contributed by atoms with Gasteiger partial charge in [-0.15, -0.1) is 0 Å². The van der Waals surface area contributed by atoms with Gasteiger partial charge in [0, 0.05) is 19.1 Å². The Bertz CT molecular complexity index is 448. The molecular formula is C16H30N4O4. The van der Waals surface area contributed by atoms with Crippen molar-refractivity contribution in [2.45, 2.75) is 58.6 Å². The summed E-state index contributed by atoms with van der Waals surface area (Å²) in [5.74, 6) is -0.342. The van der Waals surface area contributed by atoms with Crippen LogP contribution in [0.2, 0.25) is 0 Å². The molecular weight excluding hydrogens is 312 g/mol. The zero-order chi connectivity index (χ0) is 18.2. The van der Waals surface area contributed by atoms with E-state index in [1.54, 1.807) is 6.92 Å². The van der Waals surface area contributed by atoms with Crippen molar-refractivity contribution < 1.29 is 19.1 Å². The van der Waals surface area contributed by atoms with Crippen molar-refractivity contribution in [2.75, 3.05) is 26.2 Å². The second-order valence-electron chi connectivity index (χ2n) is 6.91. The molecule has 3 N–H and O–H groups in total. The Kier molecular flexibility index (Phi) is 7.97. The fourth-order valence-corrected chi connectivity index (χ4v) is 2.57. The van der Waals surface area contributed by atoms with Crippen LogP contribution in [0.4, 0.5) is 9.59 Å². The van der Waals surface area contributed by atoms with Gasteiger partial charge in [-0.05, 0) is 47.1 Å². The van der Waals surface area contributed by atoms with Crippen molar-refractivity contribution in [2.24, 2.45) is 0 Å². The number of amides is 4. The lowest BCUT2D eigenvalue weighted by Crippen LogP contribution is -2.52. The van der Waals surface area contributed by atoms with Gasteiger partial charge in [0.2, 0.25) is 5.91 Å². The molecule has 1 heterocycles. The lowest BCUT2D eigenvalue weighted by atomic mass is 10.0. The van der Waals surface area contributed by atoms with Gasteiger partial charge in [-0.1, -0.05) is 6.42 Å². The molecule has 24 heavy (non-hydrogen) atoms. The fraction of sp³-hybridized carbons (Fsp3) is 0.812. The zero-order valence-corrected chi connectivity index (χ0v) is 15.1. The number of nitrogens with one attached hydrogen (secondary N) is 3. The lowest BCUT2D eigenvalue weighted by Gasteiger charge is -2.35. The zero-order valence-electron chi connectivity index (χ0n) is 15.1. The first kappa shape index (κ1) is 20.2. The number of rotatable bonds is 5. The summed E-state index contributed by atoms with van der Waals surface area (Å²) in [6, 6.07) is -0.422. The van der Waals surface area contributed by atoms with Crippen molar-refractivity contribution in [3.63, 3.8) is 0 Å². The van der Waals surface area contributed by atoms with E-state index in [2.05, 4.69) is 16.0 Å². The van der Waals surface area contributed by atoms with E-state index in [1.807, 2.05) is 25.7 Å². The third-order valence-corrected chi connectivity index (χ3v) is 3.57. The number of alkyl carbamates (subject to hydrolysis) is 1. The Hall–Kier alpha value is -1.83. The first-order valence-electron chi connectivity index (χ1n) is 8.50. The van der Waals surface area contributed by atoms with Crippen molar-refractivity contribution in [1.29, 1.82) is 0 Å². The minimum Gasteiger partial charge on any atom is -0.444 e. The van der Waals surface area contributed by atoms with Crippen molar-refractivity contribution in [3.05, 3.63) is 0 Å². The molecule has 0 aliphatic carbocycles. The standard InChI is InChI=1S/C16H30N4O4/c1-5-17-14(22)19-13(21)11-20-9-7-6-8-12(20)10-18-15(23)24-16(2,3)4/h12H,5-11H2,1-4H3,(H,18,23)(H2,17,19,21,22)/t12-/m1/s1. The molecule has 1 aliphatic heterocycles. The third-order valence-electron chi connectivity index (χ3n) is 3.57. The summed E-state index contributed by atoms with van der Waals surface area (Å²) < 4.78 is 5.22. The SMILES string of the molecule is CCNC(=O)NC(=O)CN1CCCC[C@@H]1CNC(=O)OC(C)(C)C. The molecule has 4 amide bonds. The van der Waals surface area contributed by atoms with E-state index in [0.717, 1.165) is 25.8 Å². The second kappa shape index (κ2) is 9.46. The number of carbonyl (C=O) groups is 3. The summed E-state index contributed by atoms with van der Waals surface area (Å²) in [6.07, 6.45) is 2.48. The number of hydrogen-bond acceptors (Lipinski definition) is 5. The molecule has 0 spiro atoms. The van der Waals surface area contributed by atoms with E-state index < -0.39 is 17.7 Å². The van der Waals surface area contributed by atoms with E-state index in [9.17, 15) is 14.4 Å². The van der Waals surface area contributed by atoms with Crippen LogP contribution in [0.15, 0.2) is 0 Å². The molecule has 1 saturated heterocycles. The van der Waals surface area contributed by atoms with Gasteiger partial charge in [-0.3, -0.25) is 15.0 Å². The molecule has 0 unspecified atom stereocenters. The van der Waals surface area contributed by atoms with Gasteiger partial charge >= 0.3 is 12.1 Å². The molecule has 0 bridgehead atoms. The molecule has 8 heteroatoms. The lowest BCUT2D eigenvalue weighted by molar-refractivity contribution is -0.122. The van der Waals surface area contributed by atoms with E-state index >= 15 is 0 Å². The van der Waals surface area contributed by atoms with Crippen LogP contribution in [-0.4, -0.2) is 60.8 Å². The molecule has 1 rings (SSSR count). The van der Waals surface area contributed by atoms with Crippen LogP contribution in [0, 0.1) is 0 Å². The normalized spacial score (nSPS) is 18.6. The summed E-state index contributed by atoms with van der Waals surface area (Å²) >= 11 is 0. The van der Waals surface area contributed by atoms with Crippen LogP contribution in [0.25, 0.3) is 0 Å². The summed E-state index contributed by atoms with van der Waals surface area (Å²) in [6.45, 7) is 9.00. The maximum Gasteiger partial charge on any atom is 0.407 e. The van der Waals surface area contributed by atoms with Gasteiger partial charge in [0.15, 0.2) is 0 Å². The number of ether oxygens (including phenoxy) is 1. The Morgan fingerprint density at radius 3 is 2.50 bits per heavy atom. The number of urea groups is 1. The fourth-order valence-electron chi connectivity index (χ4n) is 2.57. The summed E-state index contributed by atoms with van der Waals surface area (Å²) in [5, 5.41) is 7.59. The molecule has 1 fully saturated rings. The first-order valence-corrected chi connectivity index (χ1v) is 8.50. The van der Waals surface area contributed by atoms with Crippen LogP contribution in [0.3, 0.4) is 0 Å². The molecule has 0 aromatic carbocycles. The predicted octanol–water partition coefficient (Wildman–Crippen LogP) is 1.21. The van der Waals surface area contributed by atoms with Gasteiger partial charge in [-0.25, -0.2) is 9.59 Å². The highest BCUT2D eigenvalue weighted by Gasteiger charge is 2.26. The molecule has 8 nitrogen and oxygen atoms in total. The van der Waals surface area contributed by atoms with Gasteiger partial charge in [0.1, 0.15) is 5.60 Å². The topological polar surface area (TPSA) is 99.8 Å². The molecule has 0 radical (unpaired) electrons. The van der Waals surface area contributed by atoms with Crippen LogP contribution in [-0.2, 0) is 9.53 Å². The highest BCUT2D eigenvalue weighted by Crippen LogP contribution is 2.16. The molecule has 0 aromatic heterocycles. The largest absolute Gasteiger partial charge is 0.444 e. The highest BCUT2D eigenvalue weighted by molar-refractivity contribution is 5.95. The highest BCUT2D eigenvalue weighted by atomic mass is 16.6. The summed E-state index contributed by atoms with van der Waals surface area (Å²) in [5.41, 5.74) is -0.539. The minimum atomic E-state index is -0.539. The monoisotopic (exact) mass is 342 g/mol. The van der Waals surface area contributed by atoms with Crippen molar-refractivity contribution in [3.8, 4) is 0 Å². The minimum absolute atomic E-state index is 0.0613. The number of nitrogens with zero attached hydrogens (tertiary/aromatic N) is 1. The summed E-state index contributed by atoms with van der Waals surface area (Å²) in [7, 11) is 0. The van der Waals surface area contributed by atoms with Crippen molar-refractivity contribution in [1.82, 2.24) is 20.9 Å². The van der Waals surface area contributed by atoms with Crippen LogP contribution < -0.4 is 16.0 Å². The average molecular weight is 342 g/mol. The van der Waals surface area contributed by atoms with Crippen LogP contribution >= 0.6 is 0 Å². The first-order chi connectivity index (χ1) is 11.2. The Morgan fingerprint density at radius 1 is 1.17 bits per heavy atom. The molecule has 138 valence electrons. The Balaban J connectivity index is 2.45. The smallest absolute Gasteiger partial charge is 0.407 e. The molecule has 1 atom stereocenters. The van der Waals surface area contributed by atoms with E-state index in [4.69, 9.17) is 4.74 Å². The molecule has 0 aromatic rings. The number of hydrogen-bond donors (Lipinski definition) is 3. The van der Waals surface area contributed by atoms with E-state index in [1.165, 1.54) is 0 Å². The van der Waals surface area contributed by atoms with Gasteiger partial charge in [0.25, 0.3) is 0 Å². The molecule has 0 saturated carbocycles. The number of carbonyl (C=O) groups excluding carboxylic acids is 3. The average Bonchev–Trinajstić information content (AvgIpc) is 2.44.